The van der Waals surface area contributed by atoms with Gasteiger partial charge in [-0.1, -0.05) is 12.1 Å². The predicted molar refractivity (Wildman–Crippen MR) is 68.3 cm³/mol. The van der Waals surface area contributed by atoms with Crippen molar-refractivity contribution in [3.8, 4) is 5.75 Å². The van der Waals surface area contributed by atoms with Gasteiger partial charge in [-0.3, -0.25) is 0 Å². The van der Waals surface area contributed by atoms with Crippen LogP contribution >= 0.6 is 0 Å². The molecule has 2 aliphatic rings. The molecular formula is C14H20N2O. The van der Waals surface area contributed by atoms with Crippen LogP contribution < -0.4 is 10.6 Å². The molecule has 1 heterocycles. The molecule has 1 atom stereocenters. The first-order chi connectivity index (χ1) is 8.28. The smallest absolute Gasteiger partial charge is 0.115 e. The van der Waals surface area contributed by atoms with Crippen LogP contribution in [0, 0.1) is 0 Å². The van der Waals surface area contributed by atoms with Crippen LogP contribution in [0.15, 0.2) is 24.3 Å². The number of hydrogen-bond acceptors (Lipinski definition) is 3. The number of rotatable bonds is 4. The molecule has 0 aromatic heterocycles. The first kappa shape index (κ1) is 11.1. The Hall–Kier alpha value is -1.06. The van der Waals surface area contributed by atoms with Gasteiger partial charge in [0.05, 0.1) is 0 Å². The van der Waals surface area contributed by atoms with Crippen molar-refractivity contribution in [3.63, 3.8) is 0 Å². The minimum atomic E-state index is 0.344. The zero-order valence-electron chi connectivity index (χ0n) is 10.1. The zero-order chi connectivity index (χ0) is 11.7. The Labute approximate surface area is 102 Å². The number of nitrogens with one attached hydrogen (secondary N) is 2. The minimum Gasteiger partial charge on any atom is -0.508 e. The lowest BCUT2D eigenvalue weighted by molar-refractivity contribution is 0.473. The van der Waals surface area contributed by atoms with Crippen molar-refractivity contribution < 1.29 is 5.11 Å². The molecule has 1 saturated heterocycles. The Balaban J connectivity index is 1.63. The average Bonchev–Trinajstić information content (AvgIpc) is 2.95. The van der Waals surface area contributed by atoms with E-state index < -0.39 is 0 Å². The van der Waals surface area contributed by atoms with Crippen LogP contribution in [0.3, 0.4) is 0 Å². The molecular weight excluding hydrogens is 212 g/mol. The molecule has 0 amide bonds. The van der Waals surface area contributed by atoms with Crippen molar-refractivity contribution in [2.75, 3.05) is 19.6 Å². The molecule has 0 radical (unpaired) electrons. The van der Waals surface area contributed by atoms with E-state index in [0.717, 1.165) is 19.6 Å². The molecule has 1 aromatic rings. The van der Waals surface area contributed by atoms with Crippen LogP contribution in [-0.2, 0) is 5.41 Å². The van der Waals surface area contributed by atoms with E-state index in [1.54, 1.807) is 12.1 Å². The van der Waals surface area contributed by atoms with E-state index >= 15 is 0 Å². The summed E-state index contributed by atoms with van der Waals surface area (Å²) in [7, 11) is 0. The van der Waals surface area contributed by atoms with Gasteiger partial charge in [0.1, 0.15) is 5.75 Å². The van der Waals surface area contributed by atoms with Crippen molar-refractivity contribution in [1.82, 2.24) is 10.6 Å². The number of phenolic OH excluding ortho intramolecular Hbond substituents is 1. The van der Waals surface area contributed by atoms with Crippen molar-refractivity contribution in [2.24, 2.45) is 0 Å². The molecule has 3 rings (SSSR count). The maximum absolute atomic E-state index is 9.32. The molecule has 17 heavy (non-hydrogen) atoms. The summed E-state index contributed by atoms with van der Waals surface area (Å²) in [6.45, 7) is 3.32. The predicted octanol–water partition coefficient (Wildman–Crippen LogP) is 1.38. The summed E-state index contributed by atoms with van der Waals surface area (Å²) in [5.74, 6) is 0.359. The van der Waals surface area contributed by atoms with E-state index in [9.17, 15) is 5.11 Å². The fourth-order valence-corrected chi connectivity index (χ4v) is 2.70. The van der Waals surface area contributed by atoms with Crippen LogP contribution in [0.1, 0.15) is 24.8 Å². The number of aromatic hydroxyl groups is 1. The van der Waals surface area contributed by atoms with Gasteiger partial charge in [0.15, 0.2) is 0 Å². The van der Waals surface area contributed by atoms with E-state index in [4.69, 9.17) is 0 Å². The van der Waals surface area contributed by atoms with Gasteiger partial charge in [-0.25, -0.2) is 0 Å². The van der Waals surface area contributed by atoms with Gasteiger partial charge in [-0.15, -0.1) is 0 Å². The highest BCUT2D eigenvalue weighted by molar-refractivity contribution is 5.35. The van der Waals surface area contributed by atoms with Crippen molar-refractivity contribution in [3.05, 3.63) is 29.8 Å². The minimum absolute atomic E-state index is 0.344. The van der Waals surface area contributed by atoms with Crippen LogP contribution in [0.4, 0.5) is 0 Å². The fourth-order valence-electron chi connectivity index (χ4n) is 2.70. The van der Waals surface area contributed by atoms with Crippen LogP contribution in [0.25, 0.3) is 0 Å². The molecule has 0 spiro atoms. The van der Waals surface area contributed by atoms with E-state index in [-0.39, 0.29) is 0 Å². The van der Waals surface area contributed by atoms with Crippen LogP contribution in [-0.4, -0.2) is 30.8 Å². The molecule has 1 saturated carbocycles. The standard InChI is InChI=1S/C14H20N2O/c17-13-3-1-11(2-4-13)14(6-7-14)10-16-12-5-8-15-9-12/h1-4,12,15-17H,5-10H2. The molecule has 1 aliphatic carbocycles. The van der Waals surface area contributed by atoms with Gasteiger partial charge < -0.3 is 15.7 Å². The molecule has 1 unspecified atom stereocenters. The SMILES string of the molecule is Oc1ccc(C2(CNC3CCNC3)CC2)cc1. The summed E-state index contributed by atoms with van der Waals surface area (Å²) in [5, 5.41) is 16.4. The van der Waals surface area contributed by atoms with Gasteiger partial charge in [-0.2, -0.15) is 0 Å². The lowest BCUT2D eigenvalue weighted by Crippen LogP contribution is -2.36. The quantitative estimate of drug-likeness (QED) is 0.735. The number of hydrogen-bond donors (Lipinski definition) is 3. The third-order valence-corrected chi connectivity index (χ3v) is 4.12. The van der Waals surface area contributed by atoms with Crippen LogP contribution in [0.2, 0.25) is 0 Å². The molecule has 92 valence electrons. The summed E-state index contributed by atoms with van der Waals surface area (Å²) < 4.78 is 0. The molecule has 3 nitrogen and oxygen atoms in total. The third kappa shape index (κ3) is 2.31. The summed E-state index contributed by atoms with van der Waals surface area (Å²) in [6.07, 6.45) is 3.78. The largest absolute Gasteiger partial charge is 0.508 e. The Bertz CT molecular complexity index is 378. The number of benzene rings is 1. The van der Waals surface area contributed by atoms with E-state index in [1.807, 2.05) is 0 Å². The Morgan fingerprint density at radius 2 is 2.06 bits per heavy atom. The normalized spacial score (nSPS) is 26.0. The van der Waals surface area contributed by atoms with Gasteiger partial charge in [0.2, 0.25) is 0 Å². The van der Waals surface area contributed by atoms with Gasteiger partial charge in [0.25, 0.3) is 0 Å². The number of phenols is 1. The zero-order valence-corrected chi connectivity index (χ0v) is 10.1. The Morgan fingerprint density at radius 1 is 1.29 bits per heavy atom. The Kier molecular flexibility index (Phi) is 2.81. The average molecular weight is 232 g/mol. The molecule has 2 fully saturated rings. The van der Waals surface area contributed by atoms with E-state index in [1.165, 1.54) is 24.8 Å². The monoisotopic (exact) mass is 232 g/mol. The van der Waals surface area contributed by atoms with E-state index in [2.05, 4.69) is 22.8 Å². The maximum Gasteiger partial charge on any atom is 0.115 e. The van der Waals surface area contributed by atoms with Gasteiger partial charge in [-0.05, 0) is 43.5 Å². The lowest BCUT2D eigenvalue weighted by atomic mass is 9.95. The fraction of sp³-hybridized carbons (Fsp3) is 0.571. The molecule has 1 aromatic carbocycles. The first-order valence-electron chi connectivity index (χ1n) is 6.52. The van der Waals surface area contributed by atoms with Crippen molar-refractivity contribution >= 4 is 0 Å². The van der Waals surface area contributed by atoms with Crippen LogP contribution in [0.5, 0.6) is 5.75 Å². The second-order valence-corrected chi connectivity index (χ2v) is 5.40. The summed E-state index contributed by atoms with van der Waals surface area (Å²) in [4.78, 5) is 0. The molecule has 0 bridgehead atoms. The van der Waals surface area contributed by atoms with Gasteiger partial charge >= 0.3 is 0 Å². The lowest BCUT2D eigenvalue weighted by Gasteiger charge is -2.19. The van der Waals surface area contributed by atoms with Crippen molar-refractivity contribution in [1.29, 1.82) is 0 Å². The van der Waals surface area contributed by atoms with E-state index in [0.29, 0.717) is 17.2 Å². The third-order valence-electron chi connectivity index (χ3n) is 4.12. The summed E-state index contributed by atoms with van der Waals surface area (Å²) in [6, 6.07) is 8.37. The topological polar surface area (TPSA) is 44.3 Å². The summed E-state index contributed by atoms with van der Waals surface area (Å²) in [5.41, 5.74) is 1.71. The van der Waals surface area contributed by atoms with Crippen molar-refractivity contribution in [2.45, 2.75) is 30.7 Å². The Morgan fingerprint density at radius 3 is 2.65 bits per heavy atom. The molecule has 3 heteroatoms. The molecule has 3 N–H and O–H groups in total. The van der Waals surface area contributed by atoms with Gasteiger partial charge in [0, 0.05) is 24.5 Å². The first-order valence-corrected chi connectivity index (χ1v) is 6.52. The highest BCUT2D eigenvalue weighted by Gasteiger charge is 2.44. The maximum atomic E-state index is 9.32. The second kappa shape index (κ2) is 4.31. The highest BCUT2D eigenvalue weighted by Crippen LogP contribution is 2.47. The second-order valence-electron chi connectivity index (χ2n) is 5.40. The molecule has 1 aliphatic heterocycles. The summed E-state index contributed by atoms with van der Waals surface area (Å²) >= 11 is 0. The highest BCUT2D eigenvalue weighted by atomic mass is 16.3.